The van der Waals surface area contributed by atoms with Crippen LogP contribution in [0.25, 0.3) is 0 Å². The van der Waals surface area contributed by atoms with Crippen LogP contribution in [0.2, 0.25) is 0 Å². The van der Waals surface area contributed by atoms with Crippen molar-refractivity contribution >= 4 is 5.97 Å². The zero-order valence-electron chi connectivity index (χ0n) is 28.7. The summed E-state index contributed by atoms with van der Waals surface area (Å²) in [6.45, 7) is -7.69. The van der Waals surface area contributed by atoms with E-state index in [1.807, 2.05) is 9.68 Å². The number of rotatable bonds is 14. The first-order chi connectivity index (χ1) is 28.7. The smallest absolute Gasteiger partial charge is 0.392 e. The summed E-state index contributed by atoms with van der Waals surface area (Å²) in [5.74, 6) is -41.1. The molecule has 0 radical (unpaired) electrons. The molecule has 4 atom stereocenters. The minimum atomic E-state index is -8.59. The average molecular weight is 1110 g/mol. The summed E-state index contributed by atoms with van der Waals surface area (Å²) >= 11 is 0. The van der Waals surface area contributed by atoms with Gasteiger partial charge in [-0.15, -0.1) is 9.88 Å². The highest BCUT2D eigenvalue weighted by atomic mass is 19.5. The van der Waals surface area contributed by atoms with Crippen molar-refractivity contribution in [1.82, 2.24) is 0 Å². The molecular weight excluding hydrogens is 1100 g/mol. The molecule has 1 saturated heterocycles. The van der Waals surface area contributed by atoms with E-state index in [0.717, 1.165) is 9.68 Å². The molecule has 1 rings (SSSR count). The van der Waals surface area contributed by atoms with E-state index in [1.165, 1.54) is 4.74 Å². The van der Waals surface area contributed by atoms with Crippen LogP contribution in [-0.2, 0) is 38.4 Å². The third-order valence-corrected chi connectivity index (χ3v) is 6.17. The fourth-order valence-corrected chi connectivity index (χ4v) is 3.00. The predicted octanol–water partition coefficient (Wildman–Crippen LogP) is 11.7. The van der Waals surface area contributed by atoms with Crippen LogP contribution >= 0.6 is 0 Å². The largest absolute Gasteiger partial charge is 0.466 e. The molecular formula is C21H6F38O8. The Morgan fingerprint density at radius 2 is 0.910 bits per heavy atom. The van der Waals surface area contributed by atoms with Gasteiger partial charge in [-0.3, -0.25) is 14.2 Å². The van der Waals surface area contributed by atoms with Crippen LogP contribution < -0.4 is 0 Å². The fourth-order valence-electron chi connectivity index (χ4n) is 3.00. The number of ether oxygens (including phenoxy) is 5. The summed E-state index contributed by atoms with van der Waals surface area (Å²) in [5, 5.41) is 0. The van der Waals surface area contributed by atoms with E-state index in [-0.39, 0.29) is 0 Å². The van der Waals surface area contributed by atoms with Gasteiger partial charge in [0, 0.05) is 0 Å². The summed E-state index contributed by atoms with van der Waals surface area (Å²) in [7, 11) is 0. The number of hydrogen-bond acceptors (Lipinski definition) is 8. The molecule has 0 aromatic carbocycles. The Bertz CT molecular complexity index is 1610. The van der Waals surface area contributed by atoms with Crippen LogP contribution in [0, 0.1) is 0 Å². The minimum Gasteiger partial charge on any atom is -0.392 e. The highest BCUT2D eigenvalue weighted by molar-refractivity contribution is 5.79. The lowest BCUT2D eigenvalue weighted by atomic mass is 10.0. The normalized spacial score (nSPS) is 22.2. The number of alkyl halides is 36. The molecule has 404 valence electrons. The second kappa shape index (κ2) is 19.1. The van der Waals surface area contributed by atoms with Gasteiger partial charge in [0.1, 0.15) is 6.61 Å². The molecule has 0 aromatic rings. The van der Waals surface area contributed by atoms with Crippen molar-refractivity contribution < 1.29 is 205 Å². The Morgan fingerprint density at radius 3 is 1.13 bits per heavy atom. The van der Waals surface area contributed by atoms with Crippen LogP contribution in [0.15, 0.2) is 0 Å². The first kappa shape index (κ1) is 65.7. The Morgan fingerprint density at radius 1 is 0.507 bits per heavy atom. The van der Waals surface area contributed by atoms with E-state index < -0.39 is 128 Å². The molecule has 1 aliphatic rings. The van der Waals surface area contributed by atoms with Gasteiger partial charge >= 0.3 is 103 Å². The molecule has 0 saturated carbocycles. The van der Waals surface area contributed by atoms with Crippen molar-refractivity contribution in [3.05, 3.63) is 0 Å². The number of carbonyl (C=O) groups is 1. The lowest BCUT2D eigenvalue weighted by Crippen LogP contribution is -2.69. The van der Waals surface area contributed by atoms with E-state index in [9.17, 15) is 172 Å². The third kappa shape index (κ3) is 12.7. The van der Waals surface area contributed by atoms with E-state index >= 15 is 0 Å². The van der Waals surface area contributed by atoms with Gasteiger partial charge in [0.15, 0.2) is 13.3 Å². The Labute approximate surface area is 335 Å². The van der Waals surface area contributed by atoms with Gasteiger partial charge in [-0.25, -0.2) is 22.4 Å². The van der Waals surface area contributed by atoms with Gasteiger partial charge < -0.3 is 9.47 Å². The predicted molar refractivity (Wildman–Crippen MR) is 116 cm³/mol. The number of carbonyl (C=O) groups excluding carboxylic acids is 1. The second-order valence-electron chi connectivity index (χ2n) is 11.0. The van der Waals surface area contributed by atoms with Crippen molar-refractivity contribution in [2.75, 3.05) is 20.0 Å². The Kier molecular flexibility index (Phi) is 18.7. The maximum absolute atomic E-state index is 14.4. The van der Waals surface area contributed by atoms with Crippen LogP contribution in [0.5, 0.6) is 0 Å². The van der Waals surface area contributed by atoms with Gasteiger partial charge in [-0.05, 0) is 9.05 Å². The summed E-state index contributed by atoms with van der Waals surface area (Å²) < 4.78 is 485. The lowest BCUT2D eigenvalue weighted by molar-refractivity contribution is -0.549. The standard InChI is InChI=1S/C15H4F24O6.C4F10O.C2H2F4O/c16-1-4(17)2-41-8(43-4,12(31,32)33)15(38,39)42-3(40)5(18,9(22,23)24)44-14(36,37)7(21,11(28,29)30)45-13(34,35)6(19,20)10(25,26)27;5-1(2(6,7)8,3(9,10)11)4(12,13)15-14;3-1-2(4,5)7-6/h1-2H2;;1H2. The van der Waals surface area contributed by atoms with Crippen molar-refractivity contribution in [1.29, 1.82) is 0 Å². The van der Waals surface area contributed by atoms with Gasteiger partial charge in [0.05, 0.1) is 0 Å². The van der Waals surface area contributed by atoms with Gasteiger partial charge in [-0.2, -0.15) is 140 Å². The molecule has 1 fully saturated rings. The molecule has 0 aromatic heterocycles. The number of halogens is 38. The lowest BCUT2D eigenvalue weighted by Gasteiger charge is -2.40. The molecule has 67 heavy (non-hydrogen) atoms. The number of hydrogen-bond donors (Lipinski definition) is 0. The molecule has 0 amide bonds. The number of esters is 1. The van der Waals surface area contributed by atoms with Gasteiger partial charge in [0.25, 0.3) is 5.85 Å². The fraction of sp³-hybridized carbons (Fsp3) is 0.952. The first-order valence-electron chi connectivity index (χ1n) is 13.8. The van der Waals surface area contributed by atoms with Gasteiger partial charge in [0.2, 0.25) is 0 Å². The van der Waals surface area contributed by atoms with E-state index in [4.69, 9.17) is 0 Å². The summed E-state index contributed by atoms with van der Waals surface area (Å²) in [6, 6.07) is 0. The molecule has 1 heterocycles. The molecule has 4 unspecified atom stereocenters. The Hall–Kier alpha value is -3.43. The first-order valence-corrected chi connectivity index (χ1v) is 13.8. The Balaban J connectivity index is 0. The third-order valence-electron chi connectivity index (χ3n) is 6.17. The molecule has 0 N–H and O–H groups in total. The molecule has 0 spiro atoms. The van der Waals surface area contributed by atoms with Crippen LogP contribution in [0.4, 0.5) is 167 Å². The highest BCUT2D eigenvalue weighted by Gasteiger charge is 2.88. The van der Waals surface area contributed by atoms with Crippen LogP contribution in [-0.4, -0.2) is 128 Å². The monoisotopic (exact) mass is 1110 g/mol. The topological polar surface area (TPSA) is 81.7 Å². The maximum atomic E-state index is 14.4. The highest BCUT2D eigenvalue weighted by Crippen LogP contribution is 2.59. The van der Waals surface area contributed by atoms with Crippen LogP contribution in [0.3, 0.4) is 0 Å². The molecule has 1 aliphatic heterocycles. The average Bonchev–Trinajstić information content (AvgIpc) is 3.49. The quantitative estimate of drug-likeness (QED) is 0.126. The summed E-state index contributed by atoms with van der Waals surface area (Å²) in [5.41, 5.74) is -7.11. The van der Waals surface area contributed by atoms with E-state index in [2.05, 4.69) is 9.47 Å². The summed E-state index contributed by atoms with van der Waals surface area (Å²) in [4.78, 5) is 14.4. The molecule has 46 heteroatoms. The zero-order chi connectivity index (χ0) is 55.1. The molecule has 8 nitrogen and oxygen atoms in total. The minimum absolute atomic E-state index is 1.09. The molecule has 0 aliphatic carbocycles. The van der Waals surface area contributed by atoms with E-state index in [0.29, 0.717) is 0 Å². The van der Waals surface area contributed by atoms with Gasteiger partial charge in [-0.1, -0.05) is 0 Å². The maximum Gasteiger partial charge on any atom is 0.466 e. The van der Waals surface area contributed by atoms with Crippen molar-refractivity contribution in [3.8, 4) is 0 Å². The van der Waals surface area contributed by atoms with Crippen molar-refractivity contribution in [2.45, 2.75) is 103 Å². The molecule has 0 bridgehead atoms. The second-order valence-corrected chi connectivity index (χ2v) is 11.0. The zero-order valence-corrected chi connectivity index (χ0v) is 28.7. The van der Waals surface area contributed by atoms with Crippen molar-refractivity contribution in [2.24, 2.45) is 0 Å². The van der Waals surface area contributed by atoms with Crippen molar-refractivity contribution in [3.63, 3.8) is 0 Å². The SMILES string of the molecule is FCC(F)(F)OF.FOC(F)(F)C(F)(C(F)(F)F)C(F)(F)F.O=C(OC(F)(F)C1(C(F)(F)F)OCC(F)(CF)O1)C(F)(OC(F)(F)C(F)(OC(F)(F)C(F)(F)C(F)(F)F)C(F)(F)F)C(F)(F)F. The van der Waals surface area contributed by atoms with E-state index in [1.54, 1.807) is 0 Å². The summed E-state index contributed by atoms with van der Waals surface area (Å²) in [6.07, 6.45) is -80.8. The van der Waals surface area contributed by atoms with Crippen LogP contribution in [0.1, 0.15) is 0 Å².